The summed E-state index contributed by atoms with van der Waals surface area (Å²) in [4.78, 5) is 37.9. The number of hydrogen-bond acceptors (Lipinski definition) is 4. The summed E-state index contributed by atoms with van der Waals surface area (Å²) in [7, 11) is 0. The molecular weight excluding hydrogens is 582 g/mol. The summed E-state index contributed by atoms with van der Waals surface area (Å²) in [5.41, 5.74) is 18.6. The monoisotopic (exact) mass is 614 g/mol. The van der Waals surface area contributed by atoms with E-state index in [1.165, 1.54) is 29.2 Å². The van der Waals surface area contributed by atoms with E-state index in [1.54, 1.807) is 0 Å². The summed E-state index contributed by atoms with van der Waals surface area (Å²) >= 11 is 0. The first-order valence-electron chi connectivity index (χ1n) is 13.1. The molecule has 1 aliphatic heterocycles. The number of halogens is 6. The van der Waals surface area contributed by atoms with Crippen LogP contribution in [-0.4, -0.2) is 65.4 Å². The molecule has 2 aromatic rings. The average Bonchev–Trinajstić information content (AvgIpc) is 3.09. The third kappa shape index (κ3) is 8.29. The Morgan fingerprint density at radius 2 is 1.07 bits per heavy atom. The third-order valence-corrected chi connectivity index (χ3v) is 6.85. The number of benzene rings is 2. The normalized spacial score (nSPS) is 15.1. The fourth-order valence-electron chi connectivity index (χ4n) is 4.87. The molecule has 8 N–H and O–H groups in total. The van der Waals surface area contributed by atoms with Gasteiger partial charge in [0.25, 0.3) is 5.91 Å². The lowest BCUT2D eigenvalue weighted by Crippen LogP contribution is -2.53. The van der Waals surface area contributed by atoms with Gasteiger partial charge in [-0.1, -0.05) is 24.3 Å². The van der Waals surface area contributed by atoms with Gasteiger partial charge in [-0.2, -0.15) is 26.3 Å². The van der Waals surface area contributed by atoms with Crippen molar-refractivity contribution in [3.8, 4) is 0 Å². The molecule has 0 spiro atoms. The van der Waals surface area contributed by atoms with Gasteiger partial charge in [-0.05, 0) is 48.2 Å². The molecule has 0 unspecified atom stereocenters. The van der Waals surface area contributed by atoms with Crippen LogP contribution in [0.15, 0.2) is 58.5 Å². The van der Waals surface area contributed by atoms with E-state index >= 15 is 0 Å². The lowest BCUT2D eigenvalue weighted by molar-refractivity contribution is -0.138. The van der Waals surface area contributed by atoms with Crippen molar-refractivity contribution in [2.45, 2.75) is 43.6 Å². The van der Waals surface area contributed by atoms with Crippen molar-refractivity contribution in [3.63, 3.8) is 0 Å². The van der Waals surface area contributed by atoms with Crippen LogP contribution >= 0.6 is 0 Å². The Labute approximate surface area is 243 Å². The van der Waals surface area contributed by atoms with Crippen molar-refractivity contribution < 1.29 is 35.9 Å². The maximum atomic E-state index is 14.1. The summed E-state index contributed by atoms with van der Waals surface area (Å²) in [6.07, 6.45) is -9.22. The Bertz CT molecular complexity index is 1270. The number of hydrogen-bond donors (Lipinski definition) is 4. The molecule has 16 heteroatoms. The molecule has 0 aliphatic carbocycles. The summed E-state index contributed by atoms with van der Waals surface area (Å²) in [6.45, 7) is 0.0871. The highest BCUT2D eigenvalue weighted by Gasteiger charge is 2.56. The lowest BCUT2D eigenvalue weighted by Gasteiger charge is -2.36. The van der Waals surface area contributed by atoms with Crippen LogP contribution in [0.4, 0.5) is 31.1 Å². The molecule has 1 fully saturated rings. The van der Waals surface area contributed by atoms with Gasteiger partial charge in [0.2, 0.25) is 0 Å². The number of carbonyl (C=O) groups excluding carboxylic acids is 2. The third-order valence-electron chi connectivity index (χ3n) is 6.85. The van der Waals surface area contributed by atoms with Crippen molar-refractivity contribution in [3.05, 3.63) is 70.8 Å². The number of urea groups is 1. The molecule has 234 valence electrons. The van der Waals surface area contributed by atoms with E-state index in [0.29, 0.717) is 11.1 Å². The number of guanidine groups is 2. The van der Waals surface area contributed by atoms with Crippen LogP contribution < -0.4 is 22.9 Å². The molecule has 3 rings (SSSR count). The minimum Gasteiger partial charge on any atom is -0.370 e. The van der Waals surface area contributed by atoms with Gasteiger partial charge in [0.05, 0.1) is 11.1 Å². The zero-order valence-corrected chi connectivity index (χ0v) is 23.0. The zero-order valence-electron chi connectivity index (χ0n) is 23.0. The molecule has 3 amide bonds. The number of carbonyl (C=O) groups is 2. The fraction of sp³-hybridized carbons (Fsp3) is 0.407. The molecule has 1 heterocycles. The van der Waals surface area contributed by atoms with Gasteiger partial charge in [-0.15, -0.1) is 0 Å². The summed E-state index contributed by atoms with van der Waals surface area (Å²) in [5.74, 6) is -1.03. The minimum atomic E-state index is -4.60. The molecular formula is C27H32F6N8O2. The smallest absolute Gasteiger partial charge is 0.370 e. The first kappa shape index (κ1) is 33.0. The summed E-state index contributed by atoms with van der Waals surface area (Å²) < 4.78 is 79.3. The number of imide groups is 1. The van der Waals surface area contributed by atoms with Crippen LogP contribution in [0.2, 0.25) is 0 Å². The van der Waals surface area contributed by atoms with Crippen LogP contribution in [0, 0.1) is 0 Å². The lowest BCUT2D eigenvalue weighted by atomic mass is 9.82. The van der Waals surface area contributed by atoms with Gasteiger partial charge < -0.3 is 27.8 Å². The number of aliphatic imine (C=N–C) groups is 2. The number of alkyl halides is 6. The summed E-state index contributed by atoms with van der Waals surface area (Å²) in [6, 6.07) is 7.57. The molecule has 0 atom stereocenters. The molecule has 2 aromatic carbocycles. The number of rotatable bonds is 12. The molecule has 1 aliphatic rings. The number of nitrogens with two attached hydrogens (primary N) is 4. The highest BCUT2D eigenvalue weighted by atomic mass is 19.4. The molecule has 1 saturated heterocycles. The van der Waals surface area contributed by atoms with E-state index in [1.807, 2.05) is 0 Å². The van der Waals surface area contributed by atoms with Gasteiger partial charge >= 0.3 is 18.4 Å². The first-order chi connectivity index (χ1) is 20.0. The quantitative estimate of drug-likeness (QED) is 0.0942. The Kier molecular flexibility index (Phi) is 10.1. The molecule has 0 saturated carbocycles. The number of nitrogens with zero attached hydrogens (tertiary/aromatic N) is 4. The predicted octanol–water partition coefficient (Wildman–Crippen LogP) is 2.84. The van der Waals surface area contributed by atoms with Crippen LogP contribution in [0.1, 0.15) is 35.1 Å². The Balaban J connectivity index is 2.07. The van der Waals surface area contributed by atoms with Crippen molar-refractivity contribution >= 4 is 23.9 Å². The van der Waals surface area contributed by atoms with Gasteiger partial charge in [0.15, 0.2) is 11.9 Å². The topological polar surface area (TPSA) is 169 Å². The Hall–Kier alpha value is -4.50. The second-order valence-corrected chi connectivity index (χ2v) is 9.99. The van der Waals surface area contributed by atoms with E-state index < -0.39 is 41.0 Å². The first-order valence-corrected chi connectivity index (χ1v) is 13.1. The highest BCUT2D eigenvalue weighted by molar-refractivity contribution is 6.07. The van der Waals surface area contributed by atoms with Crippen molar-refractivity contribution in [2.75, 3.05) is 26.2 Å². The van der Waals surface area contributed by atoms with E-state index in [4.69, 9.17) is 22.9 Å². The van der Waals surface area contributed by atoms with E-state index in [0.717, 1.165) is 29.2 Å². The van der Waals surface area contributed by atoms with Crippen LogP contribution in [-0.2, 0) is 30.0 Å². The fourth-order valence-corrected chi connectivity index (χ4v) is 4.87. The molecule has 0 radical (unpaired) electrons. The maximum absolute atomic E-state index is 14.1. The van der Waals surface area contributed by atoms with Gasteiger partial charge in [0, 0.05) is 39.0 Å². The Morgan fingerprint density at radius 1 is 0.674 bits per heavy atom. The van der Waals surface area contributed by atoms with E-state index in [-0.39, 0.29) is 63.8 Å². The van der Waals surface area contributed by atoms with Gasteiger partial charge in [-0.3, -0.25) is 19.7 Å². The van der Waals surface area contributed by atoms with Crippen LogP contribution in [0.3, 0.4) is 0 Å². The zero-order chi connectivity index (χ0) is 32.0. The van der Waals surface area contributed by atoms with Crippen LogP contribution in [0.25, 0.3) is 0 Å². The maximum Gasteiger partial charge on any atom is 0.416 e. The van der Waals surface area contributed by atoms with Crippen LogP contribution in [0.5, 0.6) is 0 Å². The van der Waals surface area contributed by atoms with Gasteiger partial charge in [0.1, 0.15) is 5.54 Å². The minimum absolute atomic E-state index is 0.0347. The van der Waals surface area contributed by atoms with E-state index in [2.05, 4.69) is 9.98 Å². The molecule has 0 bridgehead atoms. The predicted molar refractivity (Wildman–Crippen MR) is 147 cm³/mol. The molecule has 43 heavy (non-hydrogen) atoms. The SMILES string of the molecule is NC(N)=NCCCN1C(=O)N(CCCN=C(N)N)C(Cc2ccc(C(F)(F)F)cc2)(Cc2ccc(C(F)(F)F)cc2)C1=O. The average molecular weight is 615 g/mol. The van der Waals surface area contributed by atoms with Crippen molar-refractivity contribution in [1.82, 2.24) is 9.80 Å². The number of amides is 3. The second kappa shape index (κ2) is 13.2. The highest BCUT2D eigenvalue weighted by Crippen LogP contribution is 2.37. The molecule has 10 nitrogen and oxygen atoms in total. The van der Waals surface area contributed by atoms with Crippen molar-refractivity contribution in [2.24, 2.45) is 32.9 Å². The largest absolute Gasteiger partial charge is 0.416 e. The Morgan fingerprint density at radius 3 is 1.44 bits per heavy atom. The van der Waals surface area contributed by atoms with Gasteiger partial charge in [-0.25, -0.2) is 4.79 Å². The van der Waals surface area contributed by atoms with E-state index in [9.17, 15) is 35.9 Å². The second-order valence-electron chi connectivity index (χ2n) is 9.99. The summed E-state index contributed by atoms with van der Waals surface area (Å²) in [5, 5.41) is 0. The molecule has 0 aromatic heterocycles. The van der Waals surface area contributed by atoms with Crippen molar-refractivity contribution in [1.29, 1.82) is 0 Å². The standard InChI is InChI=1S/C27H32F6N8O2/c28-26(29,30)19-7-3-17(4-8-19)15-25(16-18-5-9-20(10-6-18)27(31,32)33)21(42)40(13-1-11-38-22(34)35)24(43)41(25)14-2-12-39-23(36)37/h3-10H,1-2,11-16H2,(H4,34,35,38)(H4,36,37,39).